The number of anilines is 1. The van der Waals surface area contributed by atoms with Gasteiger partial charge in [-0.1, -0.05) is 34.1 Å². The van der Waals surface area contributed by atoms with Crippen LogP contribution in [0.5, 0.6) is 11.5 Å². The predicted molar refractivity (Wildman–Crippen MR) is 109 cm³/mol. The molecule has 0 aliphatic rings. The van der Waals surface area contributed by atoms with E-state index >= 15 is 0 Å². The minimum atomic E-state index is -0.241. The lowest BCUT2D eigenvalue weighted by molar-refractivity contribution is -0.118. The number of ether oxygens (including phenoxy) is 2. The average molecular weight is 437 g/mol. The van der Waals surface area contributed by atoms with Crippen LogP contribution in [-0.4, -0.2) is 37.4 Å². The Morgan fingerprint density at radius 1 is 1.15 bits per heavy atom. The van der Waals surface area contributed by atoms with E-state index in [2.05, 4.69) is 26.6 Å². The minimum Gasteiger partial charge on any atom is -0.490 e. The highest BCUT2D eigenvalue weighted by Crippen LogP contribution is 2.34. The van der Waals surface area contributed by atoms with Gasteiger partial charge in [0.05, 0.1) is 6.61 Å². The van der Waals surface area contributed by atoms with E-state index in [-0.39, 0.29) is 19.1 Å². The summed E-state index contributed by atoms with van der Waals surface area (Å²) < 4.78 is 12.2. The molecule has 0 radical (unpaired) electrons. The fourth-order valence-electron chi connectivity index (χ4n) is 2.38. The number of nitrogens with one attached hydrogen (secondary N) is 2. The number of aliphatic hydroxyl groups is 1. The molecule has 7 heteroatoms. The number of amides is 1. The Morgan fingerprint density at radius 2 is 1.89 bits per heavy atom. The van der Waals surface area contributed by atoms with Crippen LogP contribution in [0, 0.1) is 0 Å². The highest BCUT2D eigenvalue weighted by atomic mass is 79.9. The topological polar surface area (TPSA) is 79.8 Å². The summed E-state index contributed by atoms with van der Waals surface area (Å²) in [6.45, 7) is 3.80. The second kappa shape index (κ2) is 11.6. The fourth-order valence-corrected chi connectivity index (χ4v) is 2.85. The molecule has 0 bridgehead atoms. The SMILES string of the molecule is CCOc1cc(CNCCCO)c(Br)cc1OCC(=O)Nc1ccccc1. The summed E-state index contributed by atoms with van der Waals surface area (Å²) in [5.74, 6) is 0.854. The number of hydrogen-bond donors (Lipinski definition) is 3. The Kier molecular flexibility index (Phi) is 9.10. The summed E-state index contributed by atoms with van der Waals surface area (Å²) in [5, 5.41) is 14.9. The molecule has 0 fully saturated rings. The van der Waals surface area contributed by atoms with Crippen molar-refractivity contribution in [2.24, 2.45) is 0 Å². The summed E-state index contributed by atoms with van der Waals surface area (Å²) >= 11 is 3.54. The van der Waals surface area contributed by atoms with Gasteiger partial charge in [-0.2, -0.15) is 0 Å². The normalized spacial score (nSPS) is 10.5. The molecule has 3 N–H and O–H groups in total. The molecule has 0 atom stereocenters. The monoisotopic (exact) mass is 436 g/mol. The molecule has 0 aliphatic heterocycles. The van der Waals surface area contributed by atoms with E-state index in [0.29, 0.717) is 31.1 Å². The van der Waals surface area contributed by atoms with Crippen LogP contribution >= 0.6 is 15.9 Å². The maximum Gasteiger partial charge on any atom is 0.262 e. The molecular weight excluding hydrogens is 412 g/mol. The zero-order valence-electron chi connectivity index (χ0n) is 15.3. The summed E-state index contributed by atoms with van der Waals surface area (Å²) in [6, 6.07) is 12.9. The number of para-hydroxylation sites is 1. The highest BCUT2D eigenvalue weighted by molar-refractivity contribution is 9.10. The third kappa shape index (κ3) is 7.21. The molecule has 0 spiro atoms. The summed E-state index contributed by atoms with van der Waals surface area (Å²) in [5.41, 5.74) is 1.74. The second-order valence-corrected chi connectivity index (χ2v) is 6.63. The number of carbonyl (C=O) groups excluding carboxylic acids is 1. The molecule has 2 aromatic carbocycles. The van der Waals surface area contributed by atoms with Gasteiger partial charge >= 0.3 is 0 Å². The Morgan fingerprint density at radius 3 is 2.59 bits per heavy atom. The standard InChI is InChI=1S/C20H25BrN2O4/c1-2-26-18-11-15(13-22-9-6-10-24)17(21)12-19(18)27-14-20(25)23-16-7-4-3-5-8-16/h3-5,7-8,11-12,22,24H,2,6,9-10,13-14H2,1H3,(H,23,25). The average Bonchev–Trinajstić information content (AvgIpc) is 2.67. The first kappa shape index (κ1) is 21.2. The Bertz CT molecular complexity index is 725. The van der Waals surface area contributed by atoms with Crippen LogP contribution < -0.4 is 20.1 Å². The van der Waals surface area contributed by atoms with Gasteiger partial charge in [0.2, 0.25) is 0 Å². The van der Waals surface area contributed by atoms with Crippen molar-refractivity contribution in [3.8, 4) is 11.5 Å². The molecule has 0 aliphatic carbocycles. The first-order valence-corrected chi connectivity index (χ1v) is 9.67. The van der Waals surface area contributed by atoms with Gasteiger partial charge in [-0.3, -0.25) is 4.79 Å². The minimum absolute atomic E-state index is 0.116. The molecule has 0 saturated heterocycles. The smallest absolute Gasteiger partial charge is 0.262 e. The van der Waals surface area contributed by atoms with E-state index in [4.69, 9.17) is 14.6 Å². The predicted octanol–water partition coefficient (Wildman–Crippen LogP) is 3.34. The van der Waals surface area contributed by atoms with Gasteiger partial charge in [-0.05, 0) is 49.7 Å². The molecule has 0 aromatic heterocycles. The van der Waals surface area contributed by atoms with Crippen LogP contribution in [0.15, 0.2) is 46.9 Å². The molecule has 27 heavy (non-hydrogen) atoms. The van der Waals surface area contributed by atoms with Crippen molar-refractivity contribution in [2.75, 3.05) is 31.7 Å². The van der Waals surface area contributed by atoms with Gasteiger partial charge in [0.25, 0.3) is 5.91 Å². The molecule has 1 amide bonds. The lowest BCUT2D eigenvalue weighted by Gasteiger charge is -2.15. The summed E-state index contributed by atoms with van der Waals surface area (Å²) in [6.07, 6.45) is 0.702. The van der Waals surface area contributed by atoms with E-state index in [0.717, 1.165) is 22.3 Å². The van der Waals surface area contributed by atoms with Gasteiger partial charge in [-0.15, -0.1) is 0 Å². The molecule has 0 heterocycles. The van der Waals surface area contributed by atoms with Crippen LogP contribution in [0.4, 0.5) is 5.69 Å². The first-order chi connectivity index (χ1) is 13.1. The molecule has 6 nitrogen and oxygen atoms in total. The van der Waals surface area contributed by atoms with Gasteiger partial charge in [0.1, 0.15) is 0 Å². The maximum atomic E-state index is 12.1. The van der Waals surface area contributed by atoms with E-state index < -0.39 is 0 Å². The van der Waals surface area contributed by atoms with Gasteiger partial charge in [0.15, 0.2) is 18.1 Å². The van der Waals surface area contributed by atoms with Crippen LogP contribution in [0.1, 0.15) is 18.9 Å². The van der Waals surface area contributed by atoms with Crippen LogP contribution in [0.2, 0.25) is 0 Å². The Labute approximate surface area is 168 Å². The number of hydrogen-bond acceptors (Lipinski definition) is 5. The fraction of sp³-hybridized carbons (Fsp3) is 0.350. The number of rotatable bonds is 11. The largest absolute Gasteiger partial charge is 0.490 e. The molecule has 2 aromatic rings. The lowest BCUT2D eigenvalue weighted by Crippen LogP contribution is -2.20. The molecule has 0 unspecified atom stereocenters. The maximum absolute atomic E-state index is 12.1. The van der Waals surface area contributed by atoms with Crippen molar-refractivity contribution in [1.82, 2.24) is 5.32 Å². The number of benzene rings is 2. The van der Waals surface area contributed by atoms with E-state index in [9.17, 15) is 4.79 Å². The zero-order valence-corrected chi connectivity index (χ0v) is 16.9. The number of halogens is 1. The van der Waals surface area contributed by atoms with Crippen molar-refractivity contribution in [3.63, 3.8) is 0 Å². The van der Waals surface area contributed by atoms with Crippen molar-refractivity contribution in [3.05, 3.63) is 52.5 Å². The summed E-state index contributed by atoms with van der Waals surface area (Å²) in [4.78, 5) is 12.1. The van der Waals surface area contributed by atoms with Gasteiger partial charge in [-0.25, -0.2) is 0 Å². The molecule has 0 saturated carbocycles. The molecular formula is C20H25BrN2O4. The summed E-state index contributed by atoms with van der Waals surface area (Å²) in [7, 11) is 0. The zero-order chi connectivity index (χ0) is 19.5. The van der Waals surface area contributed by atoms with E-state index in [1.54, 1.807) is 0 Å². The van der Waals surface area contributed by atoms with Crippen LogP contribution in [0.3, 0.4) is 0 Å². The van der Waals surface area contributed by atoms with E-state index in [1.807, 2.05) is 49.4 Å². The number of carbonyl (C=O) groups is 1. The van der Waals surface area contributed by atoms with Crippen LogP contribution in [0.25, 0.3) is 0 Å². The first-order valence-electron chi connectivity index (χ1n) is 8.88. The number of aliphatic hydroxyl groups excluding tert-OH is 1. The third-order valence-electron chi connectivity index (χ3n) is 3.66. The quantitative estimate of drug-likeness (QED) is 0.470. The lowest BCUT2D eigenvalue weighted by atomic mass is 10.2. The third-order valence-corrected chi connectivity index (χ3v) is 4.39. The van der Waals surface area contributed by atoms with Crippen LogP contribution in [-0.2, 0) is 11.3 Å². The van der Waals surface area contributed by atoms with E-state index in [1.165, 1.54) is 0 Å². The second-order valence-electron chi connectivity index (χ2n) is 5.78. The Hall–Kier alpha value is -2.09. The van der Waals surface area contributed by atoms with Crippen molar-refractivity contribution in [1.29, 1.82) is 0 Å². The highest BCUT2D eigenvalue weighted by Gasteiger charge is 2.13. The van der Waals surface area contributed by atoms with Gasteiger partial charge in [0, 0.05) is 23.3 Å². The Balaban J connectivity index is 1.99. The van der Waals surface area contributed by atoms with Crippen molar-refractivity contribution in [2.45, 2.75) is 19.9 Å². The van der Waals surface area contributed by atoms with Crippen molar-refractivity contribution < 1.29 is 19.4 Å². The van der Waals surface area contributed by atoms with Gasteiger partial charge < -0.3 is 25.2 Å². The van der Waals surface area contributed by atoms with Crippen molar-refractivity contribution >= 4 is 27.5 Å². The molecule has 146 valence electrons. The molecule has 2 rings (SSSR count).